The molecule has 5 heteroatoms. The van der Waals surface area contributed by atoms with Crippen LogP contribution < -0.4 is 5.32 Å². The highest BCUT2D eigenvalue weighted by Gasteiger charge is 2.27. The molecule has 1 amide bonds. The lowest BCUT2D eigenvalue weighted by Gasteiger charge is -2.25. The van der Waals surface area contributed by atoms with Crippen LogP contribution in [-0.2, 0) is 14.3 Å². The van der Waals surface area contributed by atoms with Crippen LogP contribution in [-0.4, -0.2) is 37.5 Å². The van der Waals surface area contributed by atoms with Crippen molar-refractivity contribution in [2.75, 3.05) is 26.0 Å². The zero-order valence-electron chi connectivity index (χ0n) is 15.1. The zero-order valence-corrected chi connectivity index (χ0v) is 15.1. The van der Waals surface area contributed by atoms with E-state index < -0.39 is 12.0 Å². The molecule has 0 fully saturated rings. The van der Waals surface area contributed by atoms with E-state index in [4.69, 9.17) is 4.74 Å². The minimum Gasteiger partial charge on any atom is -0.468 e. The number of hydrogen-bond acceptors (Lipinski definition) is 4. The molecule has 0 aliphatic heterocycles. The molecule has 2 aromatic rings. The van der Waals surface area contributed by atoms with E-state index in [0.29, 0.717) is 0 Å². The van der Waals surface area contributed by atoms with Crippen LogP contribution in [0.4, 0.5) is 5.69 Å². The van der Waals surface area contributed by atoms with Gasteiger partial charge in [-0.3, -0.25) is 9.69 Å². The van der Waals surface area contributed by atoms with Gasteiger partial charge in [-0.05, 0) is 43.7 Å². The van der Waals surface area contributed by atoms with E-state index in [9.17, 15) is 9.59 Å². The Morgan fingerprint density at radius 3 is 2.40 bits per heavy atom. The second kappa shape index (κ2) is 8.44. The number of rotatable bonds is 6. The number of nitrogens with one attached hydrogen (secondary N) is 1. The lowest BCUT2D eigenvalue weighted by Crippen LogP contribution is -2.37. The molecular weight excluding hydrogens is 316 g/mol. The van der Waals surface area contributed by atoms with Crippen molar-refractivity contribution in [3.8, 4) is 0 Å². The van der Waals surface area contributed by atoms with Crippen molar-refractivity contribution >= 4 is 17.6 Å². The van der Waals surface area contributed by atoms with Crippen molar-refractivity contribution in [1.82, 2.24) is 4.90 Å². The van der Waals surface area contributed by atoms with Gasteiger partial charge in [-0.1, -0.05) is 42.5 Å². The maximum atomic E-state index is 12.4. The van der Waals surface area contributed by atoms with Gasteiger partial charge in [0.15, 0.2) is 0 Å². The molecule has 5 nitrogen and oxygen atoms in total. The van der Waals surface area contributed by atoms with Crippen molar-refractivity contribution in [1.29, 1.82) is 0 Å². The molecule has 0 unspecified atom stereocenters. The van der Waals surface area contributed by atoms with Crippen molar-refractivity contribution in [2.45, 2.75) is 19.9 Å². The summed E-state index contributed by atoms with van der Waals surface area (Å²) < 4.78 is 4.91. The van der Waals surface area contributed by atoms with E-state index in [0.717, 1.165) is 22.4 Å². The topological polar surface area (TPSA) is 58.6 Å². The van der Waals surface area contributed by atoms with Gasteiger partial charge >= 0.3 is 5.97 Å². The molecule has 0 saturated heterocycles. The highest BCUT2D eigenvalue weighted by Crippen LogP contribution is 2.21. The molecular formula is C20H24N2O3. The van der Waals surface area contributed by atoms with Gasteiger partial charge in [0.25, 0.3) is 0 Å². The molecule has 1 atom stereocenters. The minimum absolute atomic E-state index is 0.0715. The van der Waals surface area contributed by atoms with Crippen molar-refractivity contribution in [3.05, 3.63) is 65.2 Å². The van der Waals surface area contributed by atoms with Crippen LogP contribution in [0.1, 0.15) is 22.7 Å². The van der Waals surface area contributed by atoms with E-state index in [-0.39, 0.29) is 12.5 Å². The SMILES string of the molecule is COC(=O)[C@H](c1ccccc1)N(C)CC(=O)Nc1cccc(C)c1C. The standard InChI is InChI=1S/C20H24N2O3/c1-14-9-8-12-17(15(14)2)21-18(23)13-22(3)19(20(24)25-4)16-10-6-5-7-11-16/h5-12,19H,13H2,1-4H3,(H,21,23)/t19-/m0/s1. The fraction of sp³-hybridized carbons (Fsp3) is 0.300. The molecule has 0 heterocycles. The number of carbonyl (C=O) groups excluding carboxylic acids is 2. The van der Waals surface area contributed by atoms with Gasteiger partial charge in [-0.15, -0.1) is 0 Å². The predicted octanol–water partition coefficient (Wildman–Crippen LogP) is 3.09. The van der Waals surface area contributed by atoms with Gasteiger partial charge in [0.1, 0.15) is 6.04 Å². The highest BCUT2D eigenvalue weighted by atomic mass is 16.5. The molecule has 0 bridgehead atoms. The molecule has 2 aromatic carbocycles. The number of anilines is 1. The first-order chi connectivity index (χ1) is 11.9. The van der Waals surface area contributed by atoms with E-state index >= 15 is 0 Å². The molecule has 132 valence electrons. The molecule has 0 spiro atoms. The van der Waals surface area contributed by atoms with Gasteiger partial charge in [0.2, 0.25) is 5.91 Å². The molecule has 2 rings (SSSR count). The first-order valence-corrected chi connectivity index (χ1v) is 8.13. The van der Waals surface area contributed by atoms with Gasteiger partial charge in [-0.2, -0.15) is 0 Å². The van der Waals surface area contributed by atoms with Crippen molar-refractivity contribution in [2.24, 2.45) is 0 Å². The summed E-state index contributed by atoms with van der Waals surface area (Å²) in [6.45, 7) is 4.04. The highest BCUT2D eigenvalue weighted by molar-refractivity contribution is 5.93. The fourth-order valence-electron chi connectivity index (χ4n) is 2.71. The maximum absolute atomic E-state index is 12.4. The van der Waals surface area contributed by atoms with E-state index in [1.807, 2.05) is 62.4 Å². The first-order valence-electron chi connectivity index (χ1n) is 8.13. The van der Waals surface area contributed by atoms with Crippen LogP contribution in [0.2, 0.25) is 0 Å². The Bertz CT molecular complexity index is 744. The molecule has 0 aromatic heterocycles. The quantitative estimate of drug-likeness (QED) is 0.821. The van der Waals surface area contributed by atoms with Gasteiger partial charge in [0.05, 0.1) is 13.7 Å². The second-order valence-corrected chi connectivity index (χ2v) is 6.05. The Morgan fingerprint density at radius 1 is 1.08 bits per heavy atom. The molecule has 1 N–H and O–H groups in total. The third-order valence-electron chi connectivity index (χ3n) is 4.25. The third kappa shape index (κ3) is 4.67. The zero-order chi connectivity index (χ0) is 18.4. The Morgan fingerprint density at radius 2 is 1.76 bits per heavy atom. The summed E-state index contributed by atoms with van der Waals surface area (Å²) in [7, 11) is 3.08. The number of ether oxygens (including phenoxy) is 1. The molecule has 25 heavy (non-hydrogen) atoms. The van der Waals surface area contributed by atoms with E-state index in [2.05, 4.69) is 5.32 Å². The summed E-state index contributed by atoms with van der Waals surface area (Å²) >= 11 is 0. The van der Waals surface area contributed by atoms with Crippen molar-refractivity contribution < 1.29 is 14.3 Å². The van der Waals surface area contributed by atoms with Gasteiger partial charge in [0, 0.05) is 5.69 Å². The van der Waals surface area contributed by atoms with Crippen LogP contribution in [0.3, 0.4) is 0 Å². The summed E-state index contributed by atoms with van der Waals surface area (Å²) in [5, 5.41) is 2.91. The lowest BCUT2D eigenvalue weighted by atomic mass is 10.1. The Kier molecular flexibility index (Phi) is 6.31. The van der Waals surface area contributed by atoms with Gasteiger partial charge in [-0.25, -0.2) is 4.79 Å². The molecule has 0 radical (unpaired) electrons. The Balaban J connectivity index is 2.12. The molecule has 0 saturated carbocycles. The molecule has 0 aliphatic carbocycles. The third-order valence-corrected chi connectivity index (χ3v) is 4.25. The molecule has 0 aliphatic rings. The normalized spacial score (nSPS) is 11.9. The monoisotopic (exact) mass is 340 g/mol. The summed E-state index contributed by atoms with van der Waals surface area (Å²) in [6, 6.07) is 14.4. The van der Waals surface area contributed by atoms with E-state index in [1.54, 1.807) is 11.9 Å². The summed E-state index contributed by atoms with van der Waals surface area (Å²) in [5.41, 5.74) is 3.72. The van der Waals surface area contributed by atoms with Gasteiger partial charge < -0.3 is 10.1 Å². The minimum atomic E-state index is -0.629. The van der Waals surface area contributed by atoms with E-state index in [1.165, 1.54) is 7.11 Å². The summed E-state index contributed by atoms with van der Waals surface area (Å²) in [5.74, 6) is -0.575. The summed E-state index contributed by atoms with van der Waals surface area (Å²) in [4.78, 5) is 26.3. The second-order valence-electron chi connectivity index (χ2n) is 6.05. The van der Waals surface area contributed by atoms with Crippen LogP contribution >= 0.6 is 0 Å². The Hall–Kier alpha value is -2.66. The number of esters is 1. The first kappa shape index (κ1) is 18.7. The fourth-order valence-corrected chi connectivity index (χ4v) is 2.71. The number of carbonyl (C=O) groups is 2. The predicted molar refractivity (Wildman–Crippen MR) is 98.4 cm³/mol. The number of methoxy groups -OCH3 is 1. The number of hydrogen-bond donors (Lipinski definition) is 1. The van der Waals surface area contributed by atoms with Crippen LogP contribution in [0.5, 0.6) is 0 Å². The number of likely N-dealkylation sites (N-methyl/N-ethyl adjacent to an activating group) is 1. The number of benzene rings is 2. The number of nitrogens with zero attached hydrogens (tertiary/aromatic N) is 1. The lowest BCUT2D eigenvalue weighted by molar-refractivity contribution is -0.147. The van der Waals surface area contributed by atoms with Crippen LogP contribution in [0.15, 0.2) is 48.5 Å². The average molecular weight is 340 g/mol. The van der Waals surface area contributed by atoms with Crippen LogP contribution in [0, 0.1) is 13.8 Å². The average Bonchev–Trinajstić information content (AvgIpc) is 2.59. The largest absolute Gasteiger partial charge is 0.468 e. The van der Waals surface area contributed by atoms with Crippen LogP contribution in [0.25, 0.3) is 0 Å². The van der Waals surface area contributed by atoms with Crippen molar-refractivity contribution in [3.63, 3.8) is 0 Å². The number of amides is 1. The smallest absolute Gasteiger partial charge is 0.327 e. The Labute approximate surface area is 148 Å². The number of aryl methyl sites for hydroxylation is 1. The summed E-state index contributed by atoms with van der Waals surface area (Å²) in [6.07, 6.45) is 0. The maximum Gasteiger partial charge on any atom is 0.327 e.